The van der Waals surface area contributed by atoms with Gasteiger partial charge in [0.15, 0.2) is 0 Å². The van der Waals surface area contributed by atoms with Gasteiger partial charge in [-0.25, -0.2) is 4.79 Å². The number of thiophene rings is 1. The molecule has 0 radical (unpaired) electrons. The predicted molar refractivity (Wildman–Crippen MR) is 78.2 cm³/mol. The fourth-order valence-corrected chi connectivity index (χ4v) is 3.78. The quantitative estimate of drug-likeness (QED) is 0.863. The van der Waals surface area contributed by atoms with E-state index in [4.69, 9.17) is 5.11 Å². The summed E-state index contributed by atoms with van der Waals surface area (Å²) >= 11 is 3.73. The van der Waals surface area contributed by atoms with Gasteiger partial charge in [0.25, 0.3) is 0 Å². The fraction of sp³-hybridized carbons (Fsp3) is 0.462. The van der Waals surface area contributed by atoms with E-state index in [0.717, 1.165) is 25.2 Å². The first kappa shape index (κ1) is 13.6. The smallest absolute Gasteiger partial charge is 0.328 e. The van der Waals surface area contributed by atoms with Crippen LogP contribution in [0.2, 0.25) is 0 Å². The maximum Gasteiger partial charge on any atom is 0.328 e. The second-order valence-electron chi connectivity index (χ2n) is 4.21. The van der Waals surface area contributed by atoms with Gasteiger partial charge in [-0.3, -0.25) is 4.90 Å². The Bertz CT molecular complexity index is 420. The minimum absolute atomic E-state index is 0.890. The Hall–Kier alpha value is -0.780. The molecule has 98 valence electrons. The summed E-state index contributed by atoms with van der Waals surface area (Å²) in [5, 5.41) is 10.7. The van der Waals surface area contributed by atoms with E-state index in [1.165, 1.54) is 28.9 Å². The van der Waals surface area contributed by atoms with Crippen molar-refractivity contribution in [3.05, 3.63) is 28.0 Å². The van der Waals surface area contributed by atoms with Gasteiger partial charge < -0.3 is 5.11 Å². The molecule has 0 bridgehead atoms. The molecule has 1 saturated heterocycles. The van der Waals surface area contributed by atoms with Crippen LogP contribution < -0.4 is 0 Å². The number of hydrogen-bond acceptors (Lipinski definition) is 4. The Kier molecular flexibility index (Phi) is 5.28. The average Bonchev–Trinajstić information content (AvgIpc) is 2.60. The molecule has 0 unspecified atom stereocenters. The Morgan fingerprint density at radius 1 is 1.44 bits per heavy atom. The number of thioether (sulfide) groups is 1. The summed E-state index contributed by atoms with van der Waals surface area (Å²) in [5.74, 6) is 1.57. The van der Waals surface area contributed by atoms with E-state index in [1.807, 2.05) is 23.2 Å². The number of carbonyl (C=O) groups is 1. The van der Waals surface area contributed by atoms with Crippen LogP contribution in [-0.2, 0) is 11.3 Å². The highest BCUT2D eigenvalue weighted by molar-refractivity contribution is 7.99. The molecule has 0 spiro atoms. The van der Waals surface area contributed by atoms with Crippen LogP contribution in [0, 0.1) is 0 Å². The van der Waals surface area contributed by atoms with E-state index in [9.17, 15) is 4.79 Å². The number of aliphatic carboxylic acids is 1. The molecule has 2 heterocycles. The van der Waals surface area contributed by atoms with Crippen LogP contribution in [0.4, 0.5) is 0 Å². The van der Waals surface area contributed by atoms with Crippen molar-refractivity contribution in [3.63, 3.8) is 0 Å². The van der Waals surface area contributed by atoms with Gasteiger partial charge in [-0.05, 0) is 41.8 Å². The summed E-state index contributed by atoms with van der Waals surface area (Å²) in [7, 11) is 0. The average molecular weight is 283 g/mol. The third-order valence-electron chi connectivity index (χ3n) is 2.87. The molecule has 0 aromatic carbocycles. The first-order chi connectivity index (χ1) is 8.75. The number of hydrogen-bond donors (Lipinski definition) is 1. The van der Waals surface area contributed by atoms with Crippen molar-refractivity contribution in [2.24, 2.45) is 0 Å². The molecular formula is C13H17NO2S2. The second kappa shape index (κ2) is 6.97. The molecule has 1 fully saturated rings. The van der Waals surface area contributed by atoms with E-state index in [0.29, 0.717) is 0 Å². The van der Waals surface area contributed by atoms with Gasteiger partial charge in [0.2, 0.25) is 0 Å². The van der Waals surface area contributed by atoms with Gasteiger partial charge in [-0.1, -0.05) is 0 Å². The van der Waals surface area contributed by atoms with Crippen LogP contribution in [-0.4, -0.2) is 40.6 Å². The van der Waals surface area contributed by atoms with Crippen LogP contribution in [0.5, 0.6) is 0 Å². The number of carboxylic acids is 1. The highest BCUT2D eigenvalue weighted by atomic mass is 32.2. The van der Waals surface area contributed by atoms with Crippen molar-refractivity contribution in [2.75, 3.05) is 24.6 Å². The lowest BCUT2D eigenvalue weighted by Crippen LogP contribution is -2.25. The Labute approximate surface area is 115 Å². The summed E-state index contributed by atoms with van der Waals surface area (Å²) in [6.45, 7) is 3.22. The molecule has 18 heavy (non-hydrogen) atoms. The lowest BCUT2D eigenvalue weighted by molar-refractivity contribution is -0.131. The van der Waals surface area contributed by atoms with E-state index < -0.39 is 5.97 Å². The normalized spacial score (nSPS) is 18.0. The van der Waals surface area contributed by atoms with Gasteiger partial charge in [-0.2, -0.15) is 11.8 Å². The number of carboxylic acid groups (broad SMARTS) is 1. The van der Waals surface area contributed by atoms with Crippen molar-refractivity contribution in [1.29, 1.82) is 0 Å². The summed E-state index contributed by atoms with van der Waals surface area (Å²) in [6.07, 6.45) is 4.15. The summed E-state index contributed by atoms with van der Waals surface area (Å²) in [4.78, 5) is 14.3. The number of nitrogens with zero attached hydrogens (tertiary/aromatic N) is 1. The highest BCUT2D eigenvalue weighted by Gasteiger charge is 2.12. The van der Waals surface area contributed by atoms with Crippen LogP contribution >= 0.6 is 23.1 Å². The lowest BCUT2D eigenvalue weighted by Gasteiger charge is -2.18. The molecule has 0 aliphatic carbocycles. The molecule has 1 aliphatic rings. The Morgan fingerprint density at radius 2 is 2.33 bits per heavy atom. The zero-order valence-electron chi connectivity index (χ0n) is 10.2. The Morgan fingerprint density at radius 3 is 3.17 bits per heavy atom. The van der Waals surface area contributed by atoms with Crippen molar-refractivity contribution < 1.29 is 9.90 Å². The van der Waals surface area contributed by atoms with Crippen molar-refractivity contribution >= 4 is 35.1 Å². The van der Waals surface area contributed by atoms with E-state index in [1.54, 1.807) is 17.4 Å². The predicted octanol–water partition coefficient (Wildman–Crippen LogP) is 2.78. The molecule has 3 nitrogen and oxygen atoms in total. The van der Waals surface area contributed by atoms with Crippen molar-refractivity contribution in [1.82, 2.24) is 4.90 Å². The summed E-state index contributed by atoms with van der Waals surface area (Å²) < 4.78 is 0. The van der Waals surface area contributed by atoms with Gasteiger partial charge in [0, 0.05) is 29.8 Å². The summed E-state index contributed by atoms with van der Waals surface area (Å²) in [6, 6.07) is 1.99. The van der Waals surface area contributed by atoms with Crippen molar-refractivity contribution in [2.45, 2.75) is 13.0 Å². The maximum atomic E-state index is 10.5. The zero-order chi connectivity index (χ0) is 12.8. The molecule has 2 rings (SSSR count). The molecule has 1 aliphatic heterocycles. The fourth-order valence-electron chi connectivity index (χ4n) is 1.95. The molecule has 1 N–H and O–H groups in total. The highest BCUT2D eigenvalue weighted by Crippen LogP contribution is 2.22. The topological polar surface area (TPSA) is 40.5 Å². The van der Waals surface area contributed by atoms with E-state index >= 15 is 0 Å². The molecule has 0 saturated carbocycles. The SMILES string of the molecule is O=C(O)/C=C/c1ccsc1CN1CCCSCC1. The minimum atomic E-state index is -0.890. The largest absolute Gasteiger partial charge is 0.478 e. The lowest BCUT2D eigenvalue weighted by atomic mass is 10.2. The van der Waals surface area contributed by atoms with Crippen LogP contribution in [0.3, 0.4) is 0 Å². The third kappa shape index (κ3) is 4.15. The first-order valence-electron chi connectivity index (χ1n) is 6.03. The zero-order valence-corrected chi connectivity index (χ0v) is 11.8. The molecular weight excluding hydrogens is 266 g/mol. The summed E-state index contributed by atoms with van der Waals surface area (Å²) in [5.41, 5.74) is 1.04. The Balaban J connectivity index is 2.00. The maximum absolute atomic E-state index is 10.5. The van der Waals surface area contributed by atoms with Crippen LogP contribution in [0.15, 0.2) is 17.5 Å². The second-order valence-corrected chi connectivity index (χ2v) is 6.44. The van der Waals surface area contributed by atoms with Gasteiger partial charge in [0.1, 0.15) is 0 Å². The van der Waals surface area contributed by atoms with Crippen LogP contribution in [0.25, 0.3) is 6.08 Å². The van der Waals surface area contributed by atoms with Gasteiger partial charge >= 0.3 is 5.97 Å². The minimum Gasteiger partial charge on any atom is -0.478 e. The first-order valence-corrected chi connectivity index (χ1v) is 8.06. The molecule has 0 atom stereocenters. The molecule has 1 aromatic rings. The van der Waals surface area contributed by atoms with Crippen LogP contribution in [0.1, 0.15) is 16.9 Å². The standard InChI is InChI=1S/C13H17NO2S2/c15-13(16)3-2-11-4-8-18-12(11)10-14-5-1-7-17-9-6-14/h2-4,8H,1,5-7,9-10H2,(H,15,16)/b3-2+. The molecule has 1 aromatic heterocycles. The van der Waals surface area contributed by atoms with Gasteiger partial charge in [0.05, 0.1) is 0 Å². The van der Waals surface area contributed by atoms with Crippen molar-refractivity contribution in [3.8, 4) is 0 Å². The van der Waals surface area contributed by atoms with E-state index in [-0.39, 0.29) is 0 Å². The monoisotopic (exact) mass is 283 g/mol. The molecule has 5 heteroatoms. The van der Waals surface area contributed by atoms with E-state index in [2.05, 4.69) is 4.90 Å². The third-order valence-corrected chi connectivity index (χ3v) is 4.84. The number of rotatable bonds is 4. The molecule has 0 amide bonds. The van der Waals surface area contributed by atoms with Gasteiger partial charge in [-0.15, -0.1) is 11.3 Å².